The normalized spacial score (nSPS) is 19.9. The fourth-order valence-electron chi connectivity index (χ4n) is 4.51. The molecule has 0 aromatic heterocycles. The molecular formula is C28H23FN4O4S. The van der Waals surface area contributed by atoms with E-state index in [-0.39, 0.29) is 36.9 Å². The maximum absolute atomic E-state index is 13.5. The van der Waals surface area contributed by atoms with E-state index in [0.29, 0.717) is 28.8 Å². The fraction of sp³-hybridized carbons (Fsp3) is 0.214. The van der Waals surface area contributed by atoms with Gasteiger partial charge < -0.3 is 14.8 Å². The van der Waals surface area contributed by atoms with Crippen LogP contribution in [0.5, 0.6) is 11.5 Å². The van der Waals surface area contributed by atoms with Crippen molar-refractivity contribution in [1.82, 2.24) is 5.01 Å². The third kappa shape index (κ3) is 4.87. The summed E-state index contributed by atoms with van der Waals surface area (Å²) >= 11 is 1.23. The molecular weight excluding hydrogens is 507 g/mol. The van der Waals surface area contributed by atoms with Gasteiger partial charge in [-0.2, -0.15) is 10.1 Å². The van der Waals surface area contributed by atoms with Crippen LogP contribution in [0.1, 0.15) is 35.6 Å². The lowest BCUT2D eigenvalue weighted by Gasteiger charge is -2.23. The van der Waals surface area contributed by atoms with E-state index in [9.17, 15) is 14.0 Å². The summed E-state index contributed by atoms with van der Waals surface area (Å²) in [6.07, 6.45) is 0.528. The number of amides is 2. The van der Waals surface area contributed by atoms with Crippen LogP contribution in [0, 0.1) is 12.7 Å². The highest BCUT2D eigenvalue weighted by Gasteiger charge is 2.39. The predicted molar refractivity (Wildman–Crippen MR) is 143 cm³/mol. The molecule has 0 fully saturated rings. The van der Waals surface area contributed by atoms with Crippen molar-refractivity contribution in [1.29, 1.82) is 0 Å². The van der Waals surface area contributed by atoms with Crippen LogP contribution in [0.4, 0.5) is 10.1 Å². The second-order valence-corrected chi connectivity index (χ2v) is 10.4. The van der Waals surface area contributed by atoms with Crippen LogP contribution in [0.15, 0.2) is 76.8 Å². The van der Waals surface area contributed by atoms with Crippen molar-refractivity contribution in [2.75, 3.05) is 12.1 Å². The van der Waals surface area contributed by atoms with Crippen molar-refractivity contribution in [3.63, 3.8) is 0 Å². The molecule has 3 aliphatic rings. The number of halogens is 1. The number of rotatable bonds is 5. The van der Waals surface area contributed by atoms with Gasteiger partial charge in [0.05, 0.1) is 11.8 Å². The van der Waals surface area contributed by atoms with Crippen LogP contribution in [0.2, 0.25) is 0 Å². The minimum atomic E-state index is -0.664. The van der Waals surface area contributed by atoms with Crippen molar-refractivity contribution >= 4 is 40.1 Å². The van der Waals surface area contributed by atoms with E-state index in [0.717, 1.165) is 22.4 Å². The standard InChI is InChI=1S/C28H23FN4O4S/c1-16-2-4-18(5-3-16)22-13-21(17-6-8-19(29)9-7-17)32-33(22)28-31-27(35)25(38-28)14-26(34)30-20-10-11-23-24(12-20)37-15-36-23/h2-12,22,25H,13-15H2,1H3,(H,30,34)/t22-,25+/m1/s1. The van der Waals surface area contributed by atoms with Gasteiger partial charge in [-0.05, 0) is 42.3 Å². The predicted octanol–water partition coefficient (Wildman–Crippen LogP) is 5.04. The molecule has 0 unspecified atom stereocenters. The molecule has 0 bridgehead atoms. The molecule has 6 rings (SSSR count). The van der Waals surface area contributed by atoms with E-state index in [4.69, 9.17) is 14.6 Å². The van der Waals surface area contributed by atoms with Gasteiger partial charge in [0.1, 0.15) is 11.1 Å². The number of nitrogens with zero attached hydrogens (tertiary/aromatic N) is 3. The first-order valence-corrected chi connectivity index (χ1v) is 13.0. The average Bonchev–Trinajstić information content (AvgIpc) is 3.63. The van der Waals surface area contributed by atoms with Crippen LogP contribution in [-0.4, -0.2) is 39.7 Å². The van der Waals surface area contributed by atoms with Crippen molar-refractivity contribution in [2.24, 2.45) is 10.1 Å². The molecule has 192 valence electrons. The van der Waals surface area contributed by atoms with Crippen molar-refractivity contribution in [2.45, 2.75) is 31.1 Å². The number of ether oxygens (including phenoxy) is 2. The number of hydrogen-bond acceptors (Lipinski definition) is 7. The van der Waals surface area contributed by atoms with Gasteiger partial charge in [0.15, 0.2) is 16.7 Å². The van der Waals surface area contributed by atoms with Gasteiger partial charge in [-0.15, -0.1) is 0 Å². The monoisotopic (exact) mass is 530 g/mol. The number of hydrogen-bond donors (Lipinski definition) is 1. The molecule has 0 saturated heterocycles. The number of benzene rings is 3. The number of thioether (sulfide) groups is 1. The summed E-state index contributed by atoms with van der Waals surface area (Å²) in [4.78, 5) is 29.8. The van der Waals surface area contributed by atoms with Crippen molar-refractivity contribution in [3.05, 3.63) is 89.2 Å². The lowest BCUT2D eigenvalue weighted by atomic mass is 9.98. The zero-order valence-electron chi connectivity index (χ0n) is 20.4. The number of anilines is 1. The SMILES string of the molecule is Cc1ccc([C@H]2CC(c3ccc(F)cc3)=NN2C2=NC(=O)[C@H](CC(=O)Nc3ccc4c(c3)OCO4)S2)cc1. The highest BCUT2D eigenvalue weighted by molar-refractivity contribution is 8.15. The summed E-state index contributed by atoms with van der Waals surface area (Å²) in [5, 5.41) is 9.14. The number of amidine groups is 1. The number of aliphatic imine (C=N–C) groups is 1. The van der Waals surface area contributed by atoms with Crippen molar-refractivity contribution < 1.29 is 23.5 Å². The highest BCUT2D eigenvalue weighted by atomic mass is 32.2. The van der Waals surface area contributed by atoms with Crippen LogP contribution < -0.4 is 14.8 Å². The summed E-state index contributed by atoms with van der Waals surface area (Å²) in [6, 6.07) is 19.3. The number of nitrogens with one attached hydrogen (secondary N) is 1. The fourth-order valence-corrected chi connectivity index (χ4v) is 5.57. The van der Waals surface area contributed by atoms with E-state index in [2.05, 4.69) is 10.3 Å². The lowest BCUT2D eigenvalue weighted by Crippen LogP contribution is -2.25. The Kier molecular flexibility index (Phi) is 6.32. The Morgan fingerprint density at radius 1 is 1.08 bits per heavy atom. The molecule has 38 heavy (non-hydrogen) atoms. The zero-order chi connectivity index (χ0) is 26.2. The average molecular weight is 531 g/mol. The van der Waals surface area contributed by atoms with Gasteiger partial charge in [-0.1, -0.05) is 53.7 Å². The second kappa shape index (κ2) is 9.94. The van der Waals surface area contributed by atoms with Gasteiger partial charge in [0.2, 0.25) is 12.7 Å². The van der Waals surface area contributed by atoms with Gasteiger partial charge in [-0.3, -0.25) is 9.59 Å². The number of hydrazone groups is 1. The minimum Gasteiger partial charge on any atom is -0.454 e. The Morgan fingerprint density at radius 2 is 1.84 bits per heavy atom. The molecule has 0 aliphatic carbocycles. The van der Waals surface area contributed by atoms with Gasteiger partial charge >= 0.3 is 0 Å². The first kappa shape index (κ1) is 24.2. The molecule has 0 spiro atoms. The first-order valence-electron chi connectivity index (χ1n) is 12.1. The van der Waals surface area contributed by atoms with E-state index >= 15 is 0 Å². The number of fused-ring (bicyclic) bond motifs is 1. The van der Waals surface area contributed by atoms with E-state index in [1.807, 2.05) is 31.2 Å². The molecule has 10 heteroatoms. The summed E-state index contributed by atoms with van der Waals surface area (Å²) in [7, 11) is 0. The Balaban J connectivity index is 1.19. The highest BCUT2D eigenvalue weighted by Crippen LogP contribution is 2.39. The van der Waals surface area contributed by atoms with E-state index < -0.39 is 5.25 Å². The molecule has 8 nitrogen and oxygen atoms in total. The molecule has 2 atom stereocenters. The Morgan fingerprint density at radius 3 is 2.63 bits per heavy atom. The quantitative estimate of drug-likeness (QED) is 0.497. The largest absolute Gasteiger partial charge is 0.454 e. The number of aryl methyl sites for hydroxylation is 1. The van der Waals surface area contributed by atoms with Crippen LogP contribution in [0.25, 0.3) is 0 Å². The zero-order valence-corrected chi connectivity index (χ0v) is 21.2. The third-order valence-corrected chi connectivity index (χ3v) is 7.64. The Hall–Kier alpha value is -4.18. The first-order chi connectivity index (χ1) is 18.4. The molecule has 3 aromatic carbocycles. The van der Waals surface area contributed by atoms with Gasteiger partial charge in [0.25, 0.3) is 5.91 Å². The Bertz CT molecular complexity index is 1470. The molecule has 0 saturated carbocycles. The maximum atomic E-state index is 13.5. The van der Waals surface area contributed by atoms with E-state index in [1.165, 1.54) is 23.9 Å². The van der Waals surface area contributed by atoms with Gasteiger partial charge in [0, 0.05) is 24.6 Å². The molecule has 3 heterocycles. The van der Waals surface area contributed by atoms with Crippen LogP contribution >= 0.6 is 11.8 Å². The topological polar surface area (TPSA) is 92.6 Å². The molecule has 2 amide bonds. The lowest BCUT2D eigenvalue weighted by molar-refractivity contribution is -0.121. The van der Waals surface area contributed by atoms with E-state index in [1.54, 1.807) is 35.3 Å². The summed E-state index contributed by atoms with van der Waals surface area (Å²) in [6.45, 7) is 2.16. The minimum absolute atomic E-state index is 0.0392. The smallest absolute Gasteiger partial charge is 0.262 e. The number of carbonyl (C=O) groups is 2. The molecule has 0 radical (unpaired) electrons. The summed E-state index contributed by atoms with van der Waals surface area (Å²) in [5.41, 5.74) is 4.30. The van der Waals surface area contributed by atoms with Crippen LogP contribution in [0.3, 0.4) is 0 Å². The second-order valence-electron chi connectivity index (χ2n) is 9.19. The van der Waals surface area contributed by atoms with Crippen molar-refractivity contribution in [3.8, 4) is 11.5 Å². The maximum Gasteiger partial charge on any atom is 0.262 e. The van der Waals surface area contributed by atoms with Gasteiger partial charge in [-0.25, -0.2) is 9.40 Å². The number of carbonyl (C=O) groups excluding carboxylic acids is 2. The summed E-state index contributed by atoms with van der Waals surface area (Å²) < 4.78 is 24.2. The summed E-state index contributed by atoms with van der Waals surface area (Å²) in [5.74, 6) is 0.183. The Labute approximate surface area is 222 Å². The molecule has 3 aromatic rings. The molecule has 1 N–H and O–H groups in total. The molecule has 3 aliphatic heterocycles. The third-order valence-electron chi connectivity index (χ3n) is 6.50. The van der Waals surface area contributed by atoms with Crippen LogP contribution in [-0.2, 0) is 9.59 Å².